The third kappa shape index (κ3) is 3.40. The summed E-state index contributed by atoms with van der Waals surface area (Å²) in [5.74, 6) is 1.05. The summed E-state index contributed by atoms with van der Waals surface area (Å²) in [6.07, 6.45) is 7.99. The molecule has 1 aromatic heterocycles. The fourth-order valence-electron chi connectivity index (χ4n) is 4.77. The van der Waals surface area contributed by atoms with Crippen LogP contribution in [-0.4, -0.2) is 40.1 Å². The molecule has 1 N–H and O–H groups in total. The number of hydrogen-bond donors (Lipinski definition) is 1. The van der Waals surface area contributed by atoms with Crippen molar-refractivity contribution in [3.63, 3.8) is 0 Å². The van der Waals surface area contributed by atoms with Crippen LogP contribution >= 0.6 is 0 Å². The van der Waals surface area contributed by atoms with Gasteiger partial charge in [0, 0.05) is 19.0 Å². The van der Waals surface area contributed by atoms with Crippen molar-refractivity contribution in [1.29, 1.82) is 0 Å². The fourth-order valence-corrected chi connectivity index (χ4v) is 4.77. The van der Waals surface area contributed by atoms with Crippen LogP contribution in [0.1, 0.15) is 62.0 Å². The SMILES string of the molecule is CC(Nc1nnc(C2CCc3ccccc3C2)o1)C(=O)N1CCC2(CC1)CC2. The number of aromatic nitrogens is 2. The molecular formula is C22H28N4O2. The molecule has 5 rings (SSSR count). The number of nitrogens with zero attached hydrogens (tertiary/aromatic N) is 3. The lowest BCUT2D eigenvalue weighted by atomic mass is 9.84. The first-order valence-electron chi connectivity index (χ1n) is 10.6. The van der Waals surface area contributed by atoms with Crippen LogP contribution in [0.5, 0.6) is 0 Å². The quantitative estimate of drug-likeness (QED) is 0.878. The number of hydrogen-bond acceptors (Lipinski definition) is 5. The van der Waals surface area contributed by atoms with Crippen LogP contribution in [0.15, 0.2) is 28.7 Å². The number of piperidine rings is 1. The molecule has 0 bridgehead atoms. The Morgan fingerprint density at radius 2 is 1.93 bits per heavy atom. The highest BCUT2D eigenvalue weighted by Gasteiger charge is 2.45. The molecular weight excluding hydrogens is 352 g/mol. The largest absolute Gasteiger partial charge is 0.408 e. The Bertz CT molecular complexity index is 863. The number of carbonyl (C=O) groups is 1. The van der Waals surface area contributed by atoms with Crippen molar-refractivity contribution in [3.8, 4) is 0 Å². The van der Waals surface area contributed by atoms with Crippen molar-refractivity contribution >= 4 is 11.9 Å². The number of benzene rings is 1. The van der Waals surface area contributed by atoms with Crippen molar-refractivity contribution in [1.82, 2.24) is 15.1 Å². The third-order valence-corrected chi connectivity index (χ3v) is 6.94. The molecule has 1 amide bonds. The van der Waals surface area contributed by atoms with E-state index in [-0.39, 0.29) is 17.9 Å². The first-order chi connectivity index (χ1) is 13.6. The van der Waals surface area contributed by atoms with E-state index in [1.807, 2.05) is 11.8 Å². The highest BCUT2D eigenvalue weighted by molar-refractivity contribution is 5.83. The van der Waals surface area contributed by atoms with Gasteiger partial charge in [-0.25, -0.2) is 0 Å². The number of likely N-dealkylation sites (tertiary alicyclic amines) is 1. The van der Waals surface area contributed by atoms with Gasteiger partial charge in [0.1, 0.15) is 6.04 Å². The molecule has 1 aromatic carbocycles. The zero-order valence-corrected chi connectivity index (χ0v) is 16.5. The Labute approximate surface area is 165 Å². The summed E-state index contributed by atoms with van der Waals surface area (Å²) < 4.78 is 5.89. The molecule has 1 spiro atoms. The average Bonchev–Trinajstić information content (AvgIpc) is 3.31. The Morgan fingerprint density at radius 1 is 1.18 bits per heavy atom. The molecule has 6 heteroatoms. The summed E-state index contributed by atoms with van der Waals surface area (Å²) >= 11 is 0. The minimum Gasteiger partial charge on any atom is -0.408 e. The van der Waals surface area contributed by atoms with Crippen molar-refractivity contribution in [2.75, 3.05) is 18.4 Å². The van der Waals surface area contributed by atoms with Crippen molar-refractivity contribution in [2.45, 2.75) is 63.8 Å². The molecule has 1 saturated heterocycles. The van der Waals surface area contributed by atoms with Crippen LogP contribution < -0.4 is 5.32 Å². The van der Waals surface area contributed by atoms with Gasteiger partial charge in [-0.05, 0) is 68.4 Å². The molecule has 6 nitrogen and oxygen atoms in total. The highest BCUT2D eigenvalue weighted by atomic mass is 16.4. The van der Waals surface area contributed by atoms with Crippen LogP contribution in [0.3, 0.4) is 0 Å². The summed E-state index contributed by atoms with van der Waals surface area (Å²) in [5.41, 5.74) is 3.37. The van der Waals surface area contributed by atoms with Gasteiger partial charge in [-0.15, -0.1) is 5.10 Å². The van der Waals surface area contributed by atoms with E-state index in [4.69, 9.17) is 4.42 Å². The van der Waals surface area contributed by atoms with Gasteiger partial charge in [0.2, 0.25) is 11.8 Å². The van der Waals surface area contributed by atoms with Gasteiger partial charge >= 0.3 is 6.01 Å². The van der Waals surface area contributed by atoms with E-state index >= 15 is 0 Å². The van der Waals surface area contributed by atoms with Crippen LogP contribution in [-0.2, 0) is 17.6 Å². The molecule has 2 unspecified atom stereocenters. The number of nitrogens with one attached hydrogen (secondary N) is 1. The first kappa shape index (κ1) is 17.7. The fraction of sp³-hybridized carbons (Fsp3) is 0.591. The number of fused-ring (bicyclic) bond motifs is 1. The predicted octanol–water partition coefficient (Wildman–Crippen LogP) is 3.55. The minimum absolute atomic E-state index is 0.127. The Morgan fingerprint density at radius 3 is 2.68 bits per heavy atom. The maximum Gasteiger partial charge on any atom is 0.316 e. The molecule has 1 saturated carbocycles. The van der Waals surface area contributed by atoms with Gasteiger partial charge in [-0.1, -0.05) is 29.4 Å². The van der Waals surface area contributed by atoms with Gasteiger partial charge in [0.05, 0.1) is 0 Å². The van der Waals surface area contributed by atoms with E-state index in [1.54, 1.807) is 0 Å². The topological polar surface area (TPSA) is 71.3 Å². The number of anilines is 1. The summed E-state index contributed by atoms with van der Waals surface area (Å²) in [6.45, 7) is 3.63. The molecule has 2 heterocycles. The summed E-state index contributed by atoms with van der Waals surface area (Å²) in [6, 6.07) is 8.56. The predicted molar refractivity (Wildman–Crippen MR) is 106 cm³/mol. The molecule has 28 heavy (non-hydrogen) atoms. The molecule has 2 atom stereocenters. The molecule has 148 valence electrons. The first-order valence-corrected chi connectivity index (χ1v) is 10.6. The molecule has 0 radical (unpaired) electrons. The number of carbonyl (C=O) groups excluding carboxylic acids is 1. The van der Waals surface area contributed by atoms with Crippen LogP contribution in [0.25, 0.3) is 0 Å². The maximum absolute atomic E-state index is 12.8. The Kier molecular flexibility index (Phi) is 4.37. The van der Waals surface area contributed by atoms with Gasteiger partial charge < -0.3 is 14.6 Å². The zero-order chi connectivity index (χ0) is 19.1. The van der Waals surface area contributed by atoms with Crippen LogP contribution in [0.4, 0.5) is 6.01 Å². The second-order valence-corrected chi connectivity index (χ2v) is 8.85. The standard InChI is InChI=1S/C22H28N4O2/c1-15(20(27)26-12-10-22(8-9-22)11-13-26)23-21-25-24-19(28-21)18-7-6-16-4-2-3-5-17(16)14-18/h2-5,15,18H,6-14H2,1H3,(H,23,25). The lowest BCUT2D eigenvalue weighted by molar-refractivity contribution is -0.133. The highest BCUT2D eigenvalue weighted by Crippen LogP contribution is 2.53. The second kappa shape index (κ2) is 6.90. The lowest BCUT2D eigenvalue weighted by Crippen LogP contribution is -2.45. The lowest BCUT2D eigenvalue weighted by Gasteiger charge is -2.33. The molecule has 2 fully saturated rings. The second-order valence-electron chi connectivity index (χ2n) is 8.85. The van der Waals surface area contributed by atoms with Gasteiger partial charge in [0.15, 0.2) is 0 Å². The van der Waals surface area contributed by atoms with Crippen molar-refractivity contribution in [3.05, 3.63) is 41.3 Å². The third-order valence-electron chi connectivity index (χ3n) is 6.94. The van der Waals surface area contributed by atoms with E-state index in [0.29, 0.717) is 17.3 Å². The van der Waals surface area contributed by atoms with E-state index in [2.05, 4.69) is 39.8 Å². The summed E-state index contributed by atoms with van der Waals surface area (Å²) in [7, 11) is 0. The average molecular weight is 380 g/mol. The molecule has 3 aliphatic rings. The van der Waals surface area contributed by atoms with Crippen LogP contribution in [0.2, 0.25) is 0 Å². The Balaban J connectivity index is 1.19. The summed E-state index contributed by atoms with van der Waals surface area (Å²) in [4.78, 5) is 14.7. The van der Waals surface area contributed by atoms with Gasteiger partial charge in [-0.2, -0.15) is 0 Å². The van der Waals surface area contributed by atoms with E-state index in [1.165, 1.54) is 24.0 Å². The van der Waals surface area contributed by atoms with Crippen molar-refractivity contribution in [2.24, 2.45) is 5.41 Å². The normalized spacial score (nSPS) is 23.9. The zero-order valence-electron chi connectivity index (χ0n) is 16.5. The van der Waals surface area contributed by atoms with Crippen LogP contribution in [0, 0.1) is 5.41 Å². The van der Waals surface area contributed by atoms with E-state index < -0.39 is 0 Å². The number of aryl methyl sites for hydroxylation is 1. The van der Waals surface area contributed by atoms with Gasteiger partial charge in [-0.3, -0.25) is 4.79 Å². The summed E-state index contributed by atoms with van der Waals surface area (Å²) in [5, 5.41) is 11.5. The van der Waals surface area contributed by atoms with Gasteiger partial charge in [0.25, 0.3) is 0 Å². The van der Waals surface area contributed by atoms with E-state index in [9.17, 15) is 4.79 Å². The monoisotopic (exact) mass is 380 g/mol. The van der Waals surface area contributed by atoms with E-state index in [0.717, 1.165) is 45.2 Å². The number of amides is 1. The van der Waals surface area contributed by atoms with Crippen molar-refractivity contribution < 1.29 is 9.21 Å². The smallest absolute Gasteiger partial charge is 0.316 e. The maximum atomic E-state index is 12.8. The molecule has 1 aliphatic heterocycles. The number of rotatable bonds is 4. The molecule has 2 aliphatic carbocycles. The minimum atomic E-state index is -0.353. The molecule has 2 aromatic rings. The Hall–Kier alpha value is -2.37.